The topological polar surface area (TPSA) is 6.48 Å². The minimum absolute atomic E-state index is 0.653. The van der Waals surface area contributed by atoms with Crippen LogP contribution in [0.3, 0.4) is 0 Å². The molecule has 98 valence electrons. The van der Waals surface area contributed by atoms with Crippen LogP contribution in [0.4, 0.5) is 0 Å². The Hall–Kier alpha value is -0.0800. The zero-order chi connectivity index (χ0) is 13.4. The summed E-state index contributed by atoms with van der Waals surface area (Å²) in [5.74, 6) is 0. The maximum absolute atomic E-state index is 2.22. The molecular formula is C13H36N2. The lowest BCUT2D eigenvalue weighted by atomic mass is 10.3. The third kappa shape index (κ3) is 31.5. The van der Waals surface area contributed by atoms with Crippen LogP contribution in [0.1, 0.15) is 48.5 Å². The molecule has 0 heterocycles. The Labute approximate surface area is 99.7 Å². The normalized spacial score (nSPS) is 10.2. The molecule has 0 radical (unpaired) electrons. The van der Waals surface area contributed by atoms with Gasteiger partial charge in [-0.3, -0.25) is 0 Å². The van der Waals surface area contributed by atoms with Crippen molar-refractivity contribution in [2.45, 2.75) is 54.5 Å². The monoisotopic (exact) mass is 220 g/mol. The summed E-state index contributed by atoms with van der Waals surface area (Å²) in [6.07, 6.45) is 0. The van der Waals surface area contributed by atoms with Gasteiger partial charge in [0.25, 0.3) is 0 Å². The highest BCUT2D eigenvalue weighted by molar-refractivity contribution is 4.61. The molecule has 0 saturated heterocycles. The van der Waals surface area contributed by atoms with Gasteiger partial charge in [-0.2, -0.15) is 0 Å². The molecule has 0 N–H and O–H groups in total. The van der Waals surface area contributed by atoms with Crippen molar-refractivity contribution in [1.82, 2.24) is 9.80 Å². The Morgan fingerprint density at radius 2 is 1.00 bits per heavy atom. The maximum Gasteiger partial charge on any atom is 0.0188 e. The number of hydrogen-bond donors (Lipinski definition) is 0. The number of nitrogens with zero attached hydrogens (tertiary/aromatic N) is 2. The zero-order valence-corrected chi connectivity index (χ0v) is 13.2. The van der Waals surface area contributed by atoms with E-state index >= 15 is 0 Å². The number of rotatable bonds is 3. The van der Waals surface area contributed by atoms with E-state index in [1.54, 1.807) is 0 Å². The zero-order valence-electron chi connectivity index (χ0n) is 13.2. The first-order valence-electron chi connectivity index (χ1n) is 6.35. The lowest BCUT2D eigenvalue weighted by Crippen LogP contribution is -2.34. The van der Waals surface area contributed by atoms with Crippen LogP contribution < -0.4 is 0 Å². The van der Waals surface area contributed by atoms with Gasteiger partial charge in [0.1, 0.15) is 0 Å². The molecule has 0 fully saturated rings. The van der Waals surface area contributed by atoms with E-state index in [4.69, 9.17) is 0 Å². The highest BCUT2D eigenvalue weighted by Gasteiger charge is 2.03. The van der Waals surface area contributed by atoms with Crippen LogP contribution in [0.15, 0.2) is 0 Å². The van der Waals surface area contributed by atoms with Crippen molar-refractivity contribution >= 4 is 0 Å². The molecule has 0 unspecified atom stereocenters. The average molecular weight is 220 g/mol. The van der Waals surface area contributed by atoms with Gasteiger partial charge in [-0.15, -0.1) is 0 Å². The van der Waals surface area contributed by atoms with Gasteiger partial charge >= 0.3 is 0 Å². The summed E-state index contributed by atoms with van der Waals surface area (Å²) in [5.41, 5.74) is 0. The molecule has 0 aliphatic heterocycles. The summed E-state index contributed by atoms with van der Waals surface area (Å²) in [6, 6.07) is 0.653. The van der Waals surface area contributed by atoms with Crippen molar-refractivity contribution in [3.05, 3.63) is 0 Å². The smallest absolute Gasteiger partial charge is 0.0188 e. The van der Waals surface area contributed by atoms with Crippen molar-refractivity contribution in [3.63, 3.8) is 0 Å². The lowest BCUT2D eigenvalue weighted by molar-refractivity contribution is 0.244. The standard InChI is InChI=1S/C7H18N2.3C2H6/c1-7(9(4)5)6-8(2)3;3*1-2/h7H,6H2,1-5H3;3*1-2H3/t7-;;;/m1.../s1. The van der Waals surface area contributed by atoms with Crippen molar-refractivity contribution in [2.24, 2.45) is 0 Å². The first kappa shape index (κ1) is 24.2. The van der Waals surface area contributed by atoms with Crippen molar-refractivity contribution in [1.29, 1.82) is 0 Å². The van der Waals surface area contributed by atoms with Crippen LogP contribution >= 0.6 is 0 Å². The van der Waals surface area contributed by atoms with E-state index < -0.39 is 0 Å². The highest BCUT2D eigenvalue weighted by Crippen LogP contribution is 1.91. The largest absolute Gasteiger partial charge is 0.308 e. The van der Waals surface area contributed by atoms with Crippen LogP contribution in [0.25, 0.3) is 0 Å². The molecule has 0 aliphatic rings. The quantitative estimate of drug-likeness (QED) is 0.717. The summed E-state index contributed by atoms with van der Waals surface area (Å²) >= 11 is 0. The van der Waals surface area contributed by atoms with Gasteiger partial charge in [0.15, 0.2) is 0 Å². The summed E-state index contributed by atoms with van der Waals surface area (Å²) in [6.45, 7) is 15.4. The Bertz CT molecular complexity index is 70.9. The second kappa shape index (κ2) is 23.6. The highest BCUT2D eigenvalue weighted by atomic mass is 15.2. The lowest BCUT2D eigenvalue weighted by Gasteiger charge is -2.22. The van der Waals surface area contributed by atoms with E-state index in [-0.39, 0.29) is 0 Å². The van der Waals surface area contributed by atoms with Crippen LogP contribution in [-0.4, -0.2) is 50.6 Å². The number of likely N-dealkylation sites (N-methyl/N-ethyl adjacent to an activating group) is 2. The van der Waals surface area contributed by atoms with Crippen molar-refractivity contribution < 1.29 is 0 Å². The van der Waals surface area contributed by atoms with E-state index in [1.807, 2.05) is 41.5 Å². The van der Waals surface area contributed by atoms with Crippen LogP contribution in [-0.2, 0) is 0 Å². The Balaban J connectivity index is -0.0000000860. The molecule has 0 spiro atoms. The fraction of sp³-hybridized carbons (Fsp3) is 1.00. The van der Waals surface area contributed by atoms with Gasteiger partial charge in [-0.25, -0.2) is 0 Å². The van der Waals surface area contributed by atoms with Gasteiger partial charge in [-0.1, -0.05) is 41.5 Å². The van der Waals surface area contributed by atoms with Crippen LogP contribution in [0, 0.1) is 0 Å². The van der Waals surface area contributed by atoms with Gasteiger partial charge in [-0.05, 0) is 35.1 Å². The van der Waals surface area contributed by atoms with E-state index in [2.05, 4.69) is 44.9 Å². The summed E-state index contributed by atoms with van der Waals surface area (Å²) in [7, 11) is 8.41. The predicted octanol–water partition coefficient (Wildman–Crippen LogP) is 3.58. The molecule has 15 heavy (non-hydrogen) atoms. The Morgan fingerprint density at radius 1 is 0.733 bits per heavy atom. The second-order valence-electron chi connectivity index (χ2n) is 3.07. The predicted molar refractivity (Wildman–Crippen MR) is 75.7 cm³/mol. The molecule has 1 atom stereocenters. The molecule has 0 rings (SSSR count). The van der Waals surface area contributed by atoms with E-state index in [1.165, 1.54) is 0 Å². The third-order valence-corrected chi connectivity index (χ3v) is 1.51. The third-order valence-electron chi connectivity index (χ3n) is 1.51. The molecule has 0 aromatic heterocycles. The van der Waals surface area contributed by atoms with Gasteiger partial charge in [0.2, 0.25) is 0 Å². The van der Waals surface area contributed by atoms with E-state index in [9.17, 15) is 0 Å². The SMILES string of the molecule is CC.CC.CC.C[C@H](CN(C)C)N(C)C. The summed E-state index contributed by atoms with van der Waals surface area (Å²) < 4.78 is 0. The molecule has 2 nitrogen and oxygen atoms in total. The first-order valence-corrected chi connectivity index (χ1v) is 6.35. The Kier molecular flexibility index (Phi) is 38.2. The molecule has 0 saturated carbocycles. The van der Waals surface area contributed by atoms with Crippen molar-refractivity contribution in [3.8, 4) is 0 Å². The van der Waals surface area contributed by atoms with Gasteiger partial charge in [0.05, 0.1) is 0 Å². The first-order chi connectivity index (χ1) is 7.04. The maximum atomic E-state index is 2.22. The molecular weight excluding hydrogens is 184 g/mol. The summed E-state index contributed by atoms with van der Waals surface area (Å²) in [5, 5.41) is 0. The molecule has 0 aromatic carbocycles. The molecule has 0 aliphatic carbocycles. The fourth-order valence-corrected chi connectivity index (χ4v) is 0.692. The van der Waals surface area contributed by atoms with E-state index in [0.717, 1.165) is 6.54 Å². The molecule has 0 amide bonds. The minimum atomic E-state index is 0.653. The minimum Gasteiger partial charge on any atom is -0.308 e. The molecule has 0 bridgehead atoms. The van der Waals surface area contributed by atoms with Gasteiger partial charge < -0.3 is 9.80 Å². The van der Waals surface area contributed by atoms with Crippen LogP contribution in [0.5, 0.6) is 0 Å². The summed E-state index contributed by atoms with van der Waals surface area (Å²) in [4.78, 5) is 4.42. The number of hydrogen-bond acceptors (Lipinski definition) is 2. The average Bonchev–Trinajstić information content (AvgIpc) is 2.25. The molecule has 2 heteroatoms. The van der Waals surface area contributed by atoms with E-state index in [0.29, 0.717) is 6.04 Å². The Morgan fingerprint density at radius 3 is 1.07 bits per heavy atom. The van der Waals surface area contributed by atoms with Crippen molar-refractivity contribution in [2.75, 3.05) is 34.7 Å². The fourth-order valence-electron chi connectivity index (χ4n) is 0.692. The van der Waals surface area contributed by atoms with Gasteiger partial charge in [0, 0.05) is 12.6 Å². The van der Waals surface area contributed by atoms with Crippen LogP contribution in [0.2, 0.25) is 0 Å². The molecule has 0 aromatic rings. The second-order valence-corrected chi connectivity index (χ2v) is 3.07.